The molecule has 4 rings (SSSR count). The zero-order valence-corrected chi connectivity index (χ0v) is 17.0. The van der Waals surface area contributed by atoms with Crippen molar-refractivity contribution in [3.05, 3.63) is 23.0 Å². The van der Waals surface area contributed by atoms with E-state index >= 15 is 0 Å². The van der Waals surface area contributed by atoms with Crippen LogP contribution in [-0.2, 0) is 7.05 Å². The smallest absolute Gasteiger partial charge is 0.252 e. The number of nitrogens with one attached hydrogen (secondary N) is 1. The lowest BCUT2D eigenvalue weighted by Crippen LogP contribution is -2.53. The molecule has 146 valence electrons. The summed E-state index contributed by atoms with van der Waals surface area (Å²) in [6.45, 7) is 9.30. The van der Waals surface area contributed by atoms with Crippen molar-refractivity contribution in [1.82, 2.24) is 25.0 Å². The van der Waals surface area contributed by atoms with Crippen molar-refractivity contribution in [2.24, 2.45) is 7.05 Å². The van der Waals surface area contributed by atoms with Crippen LogP contribution in [0, 0.1) is 6.92 Å². The van der Waals surface area contributed by atoms with Gasteiger partial charge in [0.05, 0.1) is 16.6 Å². The van der Waals surface area contributed by atoms with Crippen molar-refractivity contribution in [1.29, 1.82) is 0 Å². The van der Waals surface area contributed by atoms with E-state index in [4.69, 9.17) is 4.98 Å². The number of aromatic nitrogens is 3. The third kappa shape index (κ3) is 3.59. The van der Waals surface area contributed by atoms with Crippen LogP contribution in [0.3, 0.4) is 0 Å². The van der Waals surface area contributed by atoms with E-state index in [0.29, 0.717) is 12.5 Å². The highest BCUT2D eigenvalue weighted by Gasteiger charge is 2.31. The fourth-order valence-electron chi connectivity index (χ4n) is 4.23. The maximum Gasteiger partial charge on any atom is 0.252 e. The minimum absolute atomic E-state index is 0.00881. The Hall–Kier alpha value is -1.95. The highest BCUT2D eigenvalue weighted by atomic mass is 16.1. The van der Waals surface area contributed by atoms with E-state index < -0.39 is 0 Å². The standard InChI is InChI=1S/C21H31N5O/c1-14-18-16(12-17(15-8-9-15)23-19(18)25(4)24-14)20(27)22-13-21(2,3)26-10-6-5-7-11-26/h12,15H,5-11,13H2,1-4H3,(H,22,27). The molecule has 2 aromatic rings. The van der Waals surface area contributed by atoms with E-state index in [1.54, 1.807) is 4.68 Å². The monoisotopic (exact) mass is 369 g/mol. The first-order chi connectivity index (χ1) is 12.9. The second-order valence-electron chi connectivity index (χ2n) is 8.82. The molecule has 0 unspecified atom stereocenters. The molecular formula is C21H31N5O. The highest BCUT2D eigenvalue weighted by molar-refractivity contribution is 6.06. The van der Waals surface area contributed by atoms with Gasteiger partial charge in [-0.25, -0.2) is 4.98 Å². The number of carbonyl (C=O) groups excluding carboxylic acids is 1. The number of hydrogen-bond donors (Lipinski definition) is 1. The van der Waals surface area contributed by atoms with E-state index in [1.165, 1.54) is 32.1 Å². The molecule has 2 aliphatic rings. The van der Waals surface area contributed by atoms with Crippen LogP contribution in [0.1, 0.15) is 73.6 Å². The first kappa shape index (κ1) is 18.4. The van der Waals surface area contributed by atoms with Crippen molar-refractivity contribution in [3.8, 4) is 0 Å². The molecule has 6 nitrogen and oxygen atoms in total. The number of piperidine rings is 1. The summed E-state index contributed by atoms with van der Waals surface area (Å²) >= 11 is 0. The molecule has 1 saturated carbocycles. The molecule has 1 aliphatic heterocycles. The van der Waals surface area contributed by atoms with Crippen LogP contribution in [0.15, 0.2) is 6.07 Å². The summed E-state index contributed by atoms with van der Waals surface area (Å²) in [4.78, 5) is 20.4. The average molecular weight is 370 g/mol. The number of amides is 1. The lowest BCUT2D eigenvalue weighted by atomic mass is 9.98. The van der Waals surface area contributed by atoms with Gasteiger partial charge in [-0.05, 0) is 65.6 Å². The Morgan fingerprint density at radius 3 is 2.63 bits per heavy atom. The summed E-state index contributed by atoms with van der Waals surface area (Å²) in [7, 11) is 1.90. The number of nitrogens with zero attached hydrogens (tertiary/aromatic N) is 4. The van der Waals surface area contributed by atoms with Crippen LogP contribution in [0.4, 0.5) is 0 Å². The summed E-state index contributed by atoms with van der Waals surface area (Å²) in [6, 6.07) is 2.00. The number of carbonyl (C=O) groups is 1. The van der Waals surface area contributed by atoms with E-state index in [-0.39, 0.29) is 11.4 Å². The van der Waals surface area contributed by atoms with Gasteiger partial charge in [0.25, 0.3) is 5.91 Å². The number of hydrogen-bond acceptors (Lipinski definition) is 4. The molecule has 3 heterocycles. The first-order valence-electron chi connectivity index (χ1n) is 10.2. The number of aryl methyl sites for hydroxylation is 2. The van der Waals surface area contributed by atoms with E-state index in [2.05, 4.69) is 29.2 Å². The Morgan fingerprint density at radius 1 is 1.26 bits per heavy atom. The van der Waals surface area contributed by atoms with Gasteiger partial charge in [-0.2, -0.15) is 5.10 Å². The fourth-order valence-corrected chi connectivity index (χ4v) is 4.23. The number of fused-ring (bicyclic) bond motifs is 1. The minimum atomic E-state index is -0.0362. The molecule has 27 heavy (non-hydrogen) atoms. The topological polar surface area (TPSA) is 63.1 Å². The third-order valence-corrected chi connectivity index (χ3v) is 6.12. The van der Waals surface area contributed by atoms with E-state index in [0.717, 1.165) is 41.1 Å². The van der Waals surface area contributed by atoms with Gasteiger partial charge in [-0.15, -0.1) is 0 Å². The lowest BCUT2D eigenvalue weighted by molar-refractivity contribution is 0.0798. The Morgan fingerprint density at radius 2 is 1.96 bits per heavy atom. The van der Waals surface area contributed by atoms with Crippen LogP contribution in [-0.4, -0.2) is 50.7 Å². The van der Waals surface area contributed by atoms with Crippen LogP contribution < -0.4 is 5.32 Å². The molecule has 1 aliphatic carbocycles. The van der Waals surface area contributed by atoms with Crippen LogP contribution in [0.5, 0.6) is 0 Å². The van der Waals surface area contributed by atoms with Crippen molar-refractivity contribution >= 4 is 16.9 Å². The number of pyridine rings is 1. The molecule has 1 saturated heterocycles. The van der Waals surface area contributed by atoms with Crippen LogP contribution in [0.2, 0.25) is 0 Å². The van der Waals surface area contributed by atoms with E-state index in [9.17, 15) is 4.79 Å². The average Bonchev–Trinajstić information content (AvgIpc) is 3.47. The normalized spacial score (nSPS) is 18.8. The van der Waals surface area contributed by atoms with E-state index in [1.807, 2.05) is 20.0 Å². The predicted molar refractivity (Wildman–Crippen MR) is 107 cm³/mol. The van der Waals surface area contributed by atoms with Crippen LogP contribution >= 0.6 is 0 Å². The zero-order chi connectivity index (χ0) is 19.2. The molecule has 1 N–H and O–H groups in total. The van der Waals surface area contributed by atoms with Gasteiger partial charge >= 0.3 is 0 Å². The number of rotatable bonds is 5. The maximum absolute atomic E-state index is 13.2. The Kier molecular flexibility index (Phi) is 4.70. The maximum atomic E-state index is 13.2. The molecule has 0 bridgehead atoms. The van der Waals surface area contributed by atoms with Crippen molar-refractivity contribution in [3.63, 3.8) is 0 Å². The van der Waals surface area contributed by atoms with Gasteiger partial charge in [0.15, 0.2) is 5.65 Å². The van der Waals surface area contributed by atoms with Gasteiger partial charge in [-0.3, -0.25) is 14.4 Å². The molecule has 6 heteroatoms. The van der Waals surface area contributed by atoms with Crippen molar-refractivity contribution in [2.45, 2.75) is 64.3 Å². The highest BCUT2D eigenvalue weighted by Crippen LogP contribution is 2.40. The molecule has 0 aromatic carbocycles. The first-order valence-corrected chi connectivity index (χ1v) is 10.2. The molecule has 2 aromatic heterocycles. The minimum Gasteiger partial charge on any atom is -0.350 e. The molecule has 1 amide bonds. The van der Waals surface area contributed by atoms with Gasteiger partial charge in [-0.1, -0.05) is 6.42 Å². The summed E-state index contributed by atoms with van der Waals surface area (Å²) in [5.41, 5.74) is 3.40. The Balaban J connectivity index is 1.58. The zero-order valence-electron chi connectivity index (χ0n) is 17.0. The van der Waals surface area contributed by atoms with Gasteiger partial charge in [0.2, 0.25) is 0 Å². The van der Waals surface area contributed by atoms with Crippen molar-refractivity contribution < 1.29 is 4.79 Å². The van der Waals surface area contributed by atoms with Crippen molar-refractivity contribution in [2.75, 3.05) is 19.6 Å². The SMILES string of the molecule is Cc1nn(C)c2nc(C3CC3)cc(C(=O)NCC(C)(C)N3CCCCC3)c12. The molecule has 0 radical (unpaired) electrons. The second kappa shape index (κ2) is 6.89. The summed E-state index contributed by atoms with van der Waals surface area (Å²) in [5, 5.41) is 8.59. The van der Waals surface area contributed by atoms with Gasteiger partial charge in [0, 0.05) is 30.7 Å². The Bertz CT molecular complexity index is 859. The molecule has 0 atom stereocenters. The molecule has 0 spiro atoms. The second-order valence-corrected chi connectivity index (χ2v) is 8.82. The predicted octanol–water partition coefficient (Wildman–Crippen LogP) is 3.15. The summed E-state index contributed by atoms with van der Waals surface area (Å²) < 4.78 is 1.80. The molecular weight excluding hydrogens is 338 g/mol. The van der Waals surface area contributed by atoms with Gasteiger partial charge < -0.3 is 5.32 Å². The molecule has 2 fully saturated rings. The van der Waals surface area contributed by atoms with Crippen LogP contribution in [0.25, 0.3) is 11.0 Å². The Labute approximate surface area is 161 Å². The quantitative estimate of drug-likeness (QED) is 0.879. The fraction of sp³-hybridized carbons (Fsp3) is 0.667. The largest absolute Gasteiger partial charge is 0.350 e. The van der Waals surface area contributed by atoms with Gasteiger partial charge in [0.1, 0.15) is 0 Å². The summed E-state index contributed by atoms with van der Waals surface area (Å²) in [5.74, 6) is 0.492. The lowest BCUT2D eigenvalue weighted by Gasteiger charge is -2.41. The number of likely N-dealkylation sites (tertiary alicyclic amines) is 1. The summed E-state index contributed by atoms with van der Waals surface area (Å²) in [6.07, 6.45) is 6.15. The third-order valence-electron chi connectivity index (χ3n) is 6.12.